The third-order valence-electron chi connectivity index (χ3n) is 3.59. The molecule has 0 aliphatic rings. The molecule has 8 heteroatoms. The number of ether oxygens (including phenoxy) is 2. The number of aromatic nitrogens is 2. The fourth-order valence-electron chi connectivity index (χ4n) is 2.53. The van der Waals surface area contributed by atoms with Crippen molar-refractivity contribution in [2.75, 3.05) is 19.0 Å². The van der Waals surface area contributed by atoms with Crippen LogP contribution in [0.25, 0.3) is 11.0 Å². The highest BCUT2D eigenvalue weighted by atomic mass is 79.9. The number of fused-ring (bicyclic) bond motifs is 1. The van der Waals surface area contributed by atoms with Crippen LogP contribution in [0.2, 0.25) is 0 Å². The summed E-state index contributed by atoms with van der Waals surface area (Å²) in [4.78, 5) is 16.8. The zero-order valence-corrected chi connectivity index (χ0v) is 16.2. The summed E-state index contributed by atoms with van der Waals surface area (Å²) >= 11 is 3.51. The van der Waals surface area contributed by atoms with Crippen LogP contribution in [0, 0.1) is 0 Å². The predicted molar refractivity (Wildman–Crippen MR) is 105 cm³/mol. The molecule has 0 aliphatic carbocycles. The molecule has 0 amide bonds. The summed E-state index contributed by atoms with van der Waals surface area (Å²) in [6.45, 7) is 3.12. The van der Waals surface area contributed by atoms with Gasteiger partial charge in [0.15, 0.2) is 11.5 Å². The maximum absolute atomic E-state index is 11.3. The van der Waals surface area contributed by atoms with Gasteiger partial charge in [0, 0.05) is 12.2 Å². The molecule has 25 heavy (non-hydrogen) atoms. The van der Waals surface area contributed by atoms with Crippen LogP contribution in [0.15, 0.2) is 39.6 Å². The highest BCUT2D eigenvalue weighted by Crippen LogP contribution is 2.36. The number of anilines is 1. The lowest BCUT2D eigenvalue weighted by atomic mass is 10.2. The number of rotatable bonds is 6. The van der Waals surface area contributed by atoms with Gasteiger partial charge >= 0.3 is 5.69 Å². The molecule has 134 valence electrons. The van der Waals surface area contributed by atoms with E-state index in [1.54, 1.807) is 7.11 Å². The maximum Gasteiger partial charge on any atom is 0.323 e. The van der Waals surface area contributed by atoms with Crippen LogP contribution in [-0.4, -0.2) is 23.7 Å². The zero-order valence-electron chi connectivity index (χ0n) is 13.8. The zero-order chi connectivity index (χ0) is 17.1. The van der Waals surface area contributed by atoms with Crippen LogP contribution in [0.4, 0.5) is 5.69 Å². The molecular weight excluding hydrogens is 410 g/mol. The smallest absolute Gasteiger partial charge is 0.323 e. The van der Waals surface area contributed by atoms with E-state index in [1.807, 2.05) is 37.3 Å². The number of benzene rings is 2. The summed E-state index contributed by atoms with van der Waals surface area (Å²) in [7, 11) is 1.62. The molecule has 0 radical (unpaired) electrons. The summed E-state index contributed by atoms with van der Waals surface area (Å²) in [5.74, 6) is 1.39. The molecule has 0 spiro atoms. The van der Waals surface area contributed by atoms with Gasteiger partial charge in [-0.15, -0.1) is 12.4 Å². The van der Waals surface area contributed by atoms with E-state index in [-0.39, 0.29) is 18.1 Å². The van der Waals surface area contributed by atoms with Crippen molar-refractivity contribution in [3.8, 4) is 11.5 Å². The molecule has 0 fully saturated rings. The van der Waals surface area contributed by atoms with Gasteiger partial charge in [-0.25, -0.2) is 4.79 Å². The van der Waals surface area contributed by atoms with Crippen molar-refractivity contribution in [2.24, 2.45) is 0 Å². The molecule has 1 aromatic heterocycles. The Morgan fingerprint density at radius 3 is 2.64 bits per heavy atom. The monoisotopic (exact) mass is 427 g/mol. The van der Waals surface area contributed by atoms with Gasteiger partial charge in [-0.05, 0) is 58.7 Å². The van der Waals surface area contributed by atoms with E-state index in [1.165, 1.54) is 0 Å². The number of halogens is 2. The van der Waals surface area contributed by atoms with E-state index in [4.69, 9.17) is 9.47 Å². The average Bonchev–Trinajstić information content (AvgIpc) is 2.92. The van der Waals surface area contributed by atoms with Crippen LogP contribution in [-0.2, 0) is 6.54 Å². The van der Waals surface area contributed by atoms with E-state index in [0.29, 0.717) is 24.7 Å². The number of nitrogens with one attached hydrogen (secondary N) is 3. The average molecular weight is 429 g/mol. The fourth-order valence-corrected chi connectivity index (χ4v) is 3.18. The molecule has 0 saturated carbocycles. The topological polar surface area (TPSA) is 79.1 Å². The van der Waals surface area contributed by atoms with Crippen LogP contribution in [0.5, 0.6) is 11.5 Å². The first kappa shape index (κ1) is 19.2. The molecule has 3 rings (SSSR count). The lowest BCUT2D eigenvalue weighted by Gasteiger charge is -2.14. The molecular formula is C17H19BrClN3O3. The van der Waals surface area contributed by atoms with Crippen LogP contribution >= 0.6 is 28.3 Å². The molecule has 6 nitrogen and oxygen atoms in total. The number of hydrogen-bond donors (Lipinski definition) is 3. The molecule has 0 aliphatic heterocycles. The Morgan fingerprint density at radius 1 is 1.16 bits per heavy atom. The Hall–Kier alpha value is -2.12. The van der Waals surface area contributed by atoms with Crippen molar-refractivity contribution in [1.82, 2.24) is 9.97 Å². The number of H-pyrrole nitrogens is 2. The third-order valence-corrected chi connectivity index (χ3v) is 4.17. The number of hydrogen-bond acceptors (Lipinski definition) is 4. The van der Waals surface area contributed by atoms with Gasteiger partial charge in [-0.2, -0.15) is 0 Å². The second-order valence-corrected chi connectivity index (χ2v) is 6.09. The summed E-state index contributed by atoms with van der Waals surface area (Å²) in [5, 5.41) is 3.34. The van der Waals surface area contributed by atoms with Crippen LogP contribution in [0.1, 0.15) is 12.5 Å². The molecule has 0 bridgehead atoms. The van der Waals surface area contributed by atoms with Crippen molar-refractivity contribution in [3.05, 3.63) is 50.9 Å². The summed E-state index contributed by atoms with van der Waals surface area (Å²) in [5.41, 5.74) is 3.33. The van der Waals surface area contributed by atoms with Gasteiger partial charge in [0.05, 0.1) is 29.2 Å². The van der Waals surface area contributed by atoms with E-state index in [9.17, 15) is 4.79 Å². The summed E-state index contributed by atoms with van der Waals surface area (Å²) in [6.07, 6.45) is 0. The minimum atomic E-state index is -0.206. The molecule has 1 heterocycles. The van der Waals surface area contributed by atoms with Gasteiger partial charge in [-0.3, -0.25) is 0 Å². The van der Waals surface area contributed by atoms with Gasteiger partial charge in [0.2, 0.25) is 0 Å². The minimum absolute atomic E-state index is 0. The molecule has 0 atom stereocenters. The lowest BCUT2D eigenvalue weighted by Crippen LogP contribution is -2.02. The van der Waals surface area contributed by atoms with Gasteiger partial charge in [0.1, 0.15) is 0 Å². The Morgan fingerprint density at radius 2 is 1.92 bits per heavy atom. The molecule has 0 unspecified atom stereocenters. The van der Waals surface area contributed by atoms with Crippen molar-refractivity contribution < 1.29 is 9.47 Å². The highest BCUT2D eigenvalue weighted by Gasteiger charge is 2.11. The van der Waals surface area contributed by atoms with Gasteiger partial charge in [0.25, 0.3) is 0 Å². The molecule has 0 saturated heterocycles. The predicted octanol–water partition coefficient (Wildman–Crippen LogP) is 4.06. The molecule has 3 aromatic rings. The van der Waals surface area contributed by atoms with Crippen LogP contribution in [0.3, 0.4) is 0 Å². The van der Waals surface area contributed by atoms with Crippen molar-refractivity contribution in [3.63, 3.8) is 0 Å². The van der Waals surface area contributed by atoms with Crippen LogP contribution < -0.4 is 20.5 Å². The van der Waals surface area contributed by atoms with Gasteiger partial charge in [-0.1, -0.05) is 0 Å². The molecule has 2 aromatic carbocycles. The Labute approximate surface area is 159 Å². The maximum atomic E-state index is 11.3. The van der Waals surface area contributed by atoms with Crippen molar-refractivity contribution in [1.29, 1.82) is 0 Å². The van der Waals surface area contributed by atoms with E-state index in [2.05, 4.69) is 31.2 Å². The van der Waals surface area contributed by atoms with E-state index < -0.39 is 0 Å². The number of imidazole rings is 1. The van der Waals surface area contributed by atoms with E-state index in [0.717, 1.165) is 26.8 Å². The first-order valence-corrected chi connectivity index (χ1v) is 8.35. The second kappa shape index (κ2) is 8.31. The quantitative estimate of drug-likeness (QED) is 0.553. The largest absolute Gasteiger partial charge is 0.492 e. The highest BCUT2D eigenvalue weighted by molar-refractivity contribution is 9.10. The first-order chi connectivity index (χ1) is 11.6. The standard InChI is InChI=1S/C17H18BrN3O3.ClH/c1-3-24-15-7-10(6-12(18)16(15)23-2)9-19-11-4-5-13-14(8-11)21-17(22)20-13;/h4-8,19H,3,9H2,1-2H3,(H2,20,21,22);1H. The summed E-state index contributed by atoms with van der Waals surface area (Å²) < 4.78 is 11.8. The number of methoxy groups -OCH3 is 1. The Balaban J connectivity index is 0.00000225. The Kier molecular flexibility index (Phi) is 6.39. The van der Waals surface area contributed by atoms with Crippen molar-refractivity contribution >= 4 is 45.1 Å². The van der Waals surface area contributed by atoms with Crippen molar-refractivity contribution in [2.45, 2.75) is 13.5 Å². The fraction of sp³-hybridized carbons (Fsp3) is 0.235. The van der Waals surface area contributed by atoms with Gasteiger partial charge < -0.3 is 24.8 Å². The lowest BCUT2D eigenvalue weighted by molar-refractivity contribution is 0.309. The van der Waals surface area contributed by atoms with E-state index >= 15 is 0 Å². The SMILES string of the molecule is CCOc1cc(CNc2ccc3[nH]c(=O)[nH]c3c2)cc(Br)c1OC.Cl. The number of aromatic amines is 2. The second-order valence-electron chi connectivity index (χ2n) is 5.24. The Bertz CT molecular complexity index is 923. The summed E-state index contributed by atoms with van der Waals surface area (Å²) in [6, 6.07) is 9.64. The molecule has 3 N–H and O–H groups in total. The first-order valence-electron chi connectivity index (χ1n) is 7.56. The minimum Gasteiger partial charge on any atom is -0.492 e. The normalized spacial score (nSPS) is 10.4. The third kappa shape index (κ3) is 4.29.